The van der Waals surface area contributed by atoms with Gasteiger partial charge >= 0.3 is 0 Å². The molecule has 0 N–H and O–H groups in total. The number of aromatic nitrogens is 3. The fourth-order valence-corrected chi connectivity index (χ4v) is 1.62. The van der Waals surface area contributed by atoms with Crippen molar-refractivity contribution >= 4 is 6.29 Å². The van der Waals surface area contributed by atoms with E-state index in [2.05, 4.69) is 16.0 Å². The molecule has 2 heterocycles. The van der Waals surface area contributed by atoms with Crippen LogP contribution in [0.5, 0.6) is 0 Å². The number of aldehydes is 1. The van der Waals surface area contributed by atoms with Crippen LogP contribution in [0.3, 0.4) is 0 Å². The number of hydrogen-bond donors (Lipinski definition) is 0. The molecule has 4 heteroatoms. The van der Waals surface area contributed by atoms with Crippen LogP contribution in [0, 0.1) is 12.3 Å². The minimum Gasteiger partial charge on any atom is -0.303 e. The number of nitrogens with zero attached hydrogens (tertiary/aromatic N) is 3. The van der Waals surface area contributed by atoms with Gasteiger partial charge in [-0.1, -0.05) is 5.92 Å². The van der Waals surface area contributed by atoms with Gasteiger partial charge in [0.2, 0.25) is 0 Å². The zero-order chi connectivity index (χ0) is 12.1. The highest BCUT2D eigenvalue weighted by Crippen LogP contribution is 2.20. The van der Waals surface area contributed by atoms with Crippen LogP contribution in [0.2, 0.25) is 0 Å². The zero-order valence-electron chi connectivity index (χ0n) is 9.21. The molecule has 2 aromatic rings. The first-order chi connectivity index (χ1) is 8.35. The van der Waals surface area contributed by atoms with Crippen molar-refractivity contribution in [3.8, 4) is 23.6 Å². The van der Waals surface area contributed by atoms with Crippen molar-refractivity contribution < 1.29 is 4.79 Å². The summed E-state index contributed by atoms with van der Waals surface area (Å²) in [5.74, 6) is 2.51. The van der Waals surface area contributed by atoms with Crippen molar-refractivity contribution in [2.24, 2.45) is 0 Å². The summed E-state index contributed by atoms with van der Waals surface area (Å²) in [4.78, 5) is 14.7. The summed E-state index contributed by atoms with van der Waals surface area (Å²) in [5.41, 5.74) is 2.52. The van der Waals surface area contributed by atoms with Crippen molar-refractivity contribution in [2.45, 2.75) is 13.0 Å². The SMILES string of the molecule is C#CCn1cc(CC=O)c(-c2cccnc2)n1. The summed E-state index contributed by atoms with van der Waals surface area (Å²) < 4.78 is 1.65. The summed E-state index contributed by atoms with van der Waals surface area (Å²) >= 11 is 0. The molecule has 0 spiro atoms. The summed E-state index contributed by atoms with van der Waals surface area (Å²) in [5, 5.41) is 4.36. The van der Waals surface area contributed by atoms with E-state index in [9.17, 15) is 4.79 Å². The van der Waals surface area contributed by atoms with Crippen LogP contribution in [-0.4, -0.2) is 21.1 Å². The Balaban J connectivity index is 2.44. The number of terminal acetylenes is 1. The third-order valence-electron chi connectivity index (χ3n) is 2.33. The Bertz CT molecular complexity index is 552. The van der Waals surface area contributed by atoms with E-state index in [1.165, 1.54) is 0 Å². The van der Waals surface area contributed by atoms with Gasteiger partial charge in [-0.15, -0.1) is 6.42 Å². The lowest BCUT2D eigenvalue weighted by Crippen LogP contribution is -1.95. The molecule has 0 saturated carbocycles. The van der Waals surface area contributed by atoms with Crippen molar-refractivity contribution in [1.82, 2.24) is 14.8 Å². The van der Waals surface area contributed by atoms with Gasteiger partial charge in [0.15, 0.2) is 0 Å². The third-order valence-corrected chi connectivity index (χ3v) is 2.33. The Morgan fingerprint density at radius 1 is 1.53 bits per heavy atom. The molecule has 0 amide bonds. The monoisotopic (exact) mass is 225 g/mol. The second-order valence-corrected chi connectivity index (χ2v) is 3.52. The Morgan fingerprint density at radius 3 is 3.06 bits per heavy atom. The van der Waals surface area contributed by atoms with Gasteiger partial charge in [0.05, 0.1) is 5.69 Å². The van der Waals surface area contributed by atoms with Crippen molar-refractivity contribution in [1.29, 1.82) is 0 Å². The maximum absolute atomic E-state index is 10.6. The maximum atomic E-state index is 10.6. The molecule has 84 valence electrons. The molecule has 0 aliphatic heterocycles. The smallest absolute Gasteiger partial charge is 0.124 e. The normalized spacial score (nSPS) is 9.82. The van der Waals surface area contributed by atoms with Gasteiger partial charge in [-0.2, -0.15) is 5.10 Å². The average Bonchev–Trinajstić information content (AvgIpc) is 2.74. The molecule has 0 aliphatic carbocycles. The number of carbonyl (C=O) groups is 1. The van der Waals surface area contributed by atoms with Crippen molar-refractivity contribution in [2.75, 3.05) is 0 Å². The van der Waals surface area contributed by atoms with E-state index in [1.54, 1.807) is 23.3 Å². The molecule has 0 aliphatic rings. The molecule has 0 unspecified atom stereocenters. The molecule has 0 fully saturated rings. The first-order valence-corrected chi connectivity index (χ1v) is 5.19. The van der Waals surface area contributed by atoms with E-state index in [-0.39, 0.29) is 0 Å². The highest BCUT2D eigenvalue weighted by Gasteiger charge is 2.10. The largest absolute Gasteiger partial charge is 0.303 e. The van der Waals surface area contributed by atoms with Crippen LogP contribution in [0.25, 0.3) is 11.3 Å². The van der Waals surface area contributed by atoms with Gasteiger partial charge < -0.3 is 4.79 Å². The Hall–Kier alpha value is -2.41. The van der Waals surface area contributed by atoms with Gasteiger partial charge in [0.1, 0.15) is 12.8 Å². The predicted molar refractivity (Wildman–Crippen MR) is 64.1 cm³/mol. The average molecular weight is 225 g/mol. The first kappa shape index (κ1) is 11.1. The number of pyridine rings is 1. The summed E-state index contributed by atoms with van der Waals surface area (Å²) in [7, 11) is 0. The van der Waals surface area contributed by atoms with E-state index >= 15 is 0 Å². The topological polar surface area (TPSA) is 47.8 Å². The second-order valence-electron chi connectivity index (χ2n) is 3.52. The van der Waals surface area contributed by atoms with Gasteiger partial charge in [0.25, 0.3) is 0 Å². The number of rotatable bonds is 4. The summed E-state index contributed by atoms with van der Waals surface area (Å²) in [6.07, 6.45) is 11.6. The van der Waals surface area contributed by atoms with Crippen LogP contribution in [0.4, 0.5) is 0 Å². The molecule has 2 rings (SSSR count). The van der Waals surface area contributed by atoms with Crippen LogP contribution < -0.4 is 0 Å². The van der Waals surface area contributed by atoms with Gasteiger partial charge in [-0.3, -0.25) is 9.67 Å². The van der Waals surface area contributed by atoms with E-state index in [1.807, 2.05) is 12.1 Å². The lowest BCUT2D eigenvalue weighted by atomic mass is 10.1. The quantitative estimate of drug-likeness (QED) is 0.582. The molecule has 2 aromatic heterocycles. The molecular weight excluding hydrogens is 214 g/mol. The van der Waals surface area contributed by atoms with Crippen LogP contribution >= 0.6 is 0 Å². The zero-order valence-corrected chi connectivity index (χ0v) is 9.21. The fraction of sp³-hybridized carbons (Fsp3) is 0.154. The Labute approximate surface area is 99.3 Å². The van der Waals surface area contributed by atoms with Crippen LogP contribution in [0.15, 0.2) is 30.7 Å². The maximum Gasteiger partial charge on any atom is 0.124 e. The molecule has 0 bridgehead atoms. The molecule has 4 nitrogen and oxygen atoms in total. The minimum atomic E-state index is 0.328. The van der Waals surface area contributed by atoms with E-state index in [0.717, 1.165) is 23.1 Å². The van der Waals surface area contributed by atoms with E-state index in [4.69, 9.17) is 6.42 Å². The lowest BCUT2D eigenvalue weighted by Gasteiger charge is -1.97. The first-order valence-electron chi connectivity index (χ1n) is 5.19. The lowest BCUT2D eigenvalue weighted by molar-refractivity contribution is -0.107. The summed E-state index contributed by atoms with van der Waals surface area (Å²) in [6.45, 7) is 0.395. The van der Waals surface area contributed by atoms with Crippen LogP contribution in [-0.2, 0) is 17.8 Å². The second kappa shape index (κ2) is 5.08. The van der Waals surface area contributed by atoms with Crippen molar-refractivity contribution in [3.63, 3.8) is 0 Å². The highest BCUT2D eigenvalue weighted by atomic mass is 16.1. The molecule has 0 radical (unpaired) electrons. The van der Waals surface area contributed by atoms with Gasteiger partial charge in [0, 0.05) is 36.1 Å². The van der Waals surface area contributed by atoms with Gasteiger partial charge in [-0.25, -0.2) is 0 Å². The molecule has 0 aromatic carbocycles. The molecule has 0 atom stereocenters. The fourth-order valence-electron chi connectivity index (χ4n) is 1.62. The highest BCUT2D eigenvalue weighted by molar-refractivity contribution is 5.67. The van der Waals surface area contributed by atoms with Gasteiger partial charge in [-0.05, 0) is 12.1 Å². The molecule has 0 saturated heterocycles. The van der Waals surface area contributed by atoms with E-state index in [0.29, 0.717) is 13.0 Å². The Kier molecular flexibility index (Phi) is 3.31. The number of hydrogen-bond acceptors (Lipinski definition) is 3. The minimum absolute atomic E-state index is 0.328. The molecule has 17 heavy (non-hydrogen) atoms. The standard InChI is InChI=1S/C13H11N3O/c1-2-7-16-10-12(5-8-17)13(15-16)11-4-3-6-14-9-11/h1,3-4,6,8-10H,5,7H2. The van der Waals surface area contributed by atoms with E-state index < -0.39 is 0 Å². The Morgan fingerprint density at radius 2 is 2.41 bits per heavy atom. The molecular formula is C13H11N3O. The number of carbonyl (C=O) groups excluding carboxylic acids is 1. The van der Waals surface area contributed by atoms with Crippen LogP contribution in [0.1, 0.15) is 5.56 Å². The summed E-state index contributed by atoms with van der Waals surface area (Å²) in [6, 6.07) is 3.74. The predicted octanol–water partition coefficient (Wildman–Crippen LogP) is 1.32. The third kappa shape index (κ3) is 2.40. The van der Waals surface area contributed by atoms with Crippen molar-refractivity contribution in [3.05, 3.63) is 36.3 Å².